The standard InChI is InChI=1S/C12H17BN2O3/c1-12(2,3)15-14-11(16)8-4-5-9-7-18-13(17)10(9)6-8/h4-6,15,17H,7H2,1-3H3,(H,14,16). The number of fused-ring (bicyclic) bond motifs is 1. The van der Waals surface area contributed by atoms with Gasteiger partial charge in [0.2, 0.25) is 0 Å². The van der Waals surface area contributed by atoms with Crippen molar-refractivity contribution in [3.05, 3.63) is 29.3 Å². The van der Waals surface area contributed by atoms with Crippen LogP contribution in [0.4, 0.5) is 0 Å². The molecule has 3 N–H and O–H groups in total. The minimum atomic E-state index is -0.927. The highest BCUT2D eigenvalue weighted by Gasteiger charge is 2.28. The molecular weight excluding hydrogens is 231 g/mol. The zero-order chi connectivity index (χ0) is 13.3. The Morgan fingerprint density at radius 1 is 1.44 bits per heavy atom. The van der Waals surface area contributed by atoms with Gasteiger partial charge in [0.25, 0.3) is 5.91 Å². The van der Waals surface area contributed by atoms with Crippen molar-refractivity contribution in [1.29, 1.82) is 0 Å². The lowest BCUT2D eigenvalue weighted by Crippen LogP contribution is -2.48. The molecule has 1 amide bonds. The molecule has 0 fully saturated rings. The van der Waals surface area contributed by atoms with Crippen molar-refractivity contribution in [2.45, 2.75) is 32.9 Å². The highest BCUT2D eigenvalue weighted by molar-refractivity contribution is 6.61. The lowest BCUT2D eigenvalue weighted by molar-refractivity contribution is 0.0914. The molecule has 1 aliphatic rings. The summed E-state index contributed by atoms with van der Waals surface area (Å²) in [5.41, 5.74) is 7.42. The molecular formula is C12H17BN2O3. The first kappa shape index (κ1) is 13.1. The summed E-state index contributed by atoms with van der Waals surface area (Å²) in [6, 6.07) is 5.18. The van der Waals surface area contributed by atoms with Gasteiger partial charge in [0, 0.05) is 11.1 Å². The first-order valence-electron chi connectivity index (χ1n) is 5.87. The average molecular weight is 248 g/mol. The lowest BCUT2D eigenvalue weighted by atomic mass is 9.79. The fraction of sp³-hybridized carbons (Fsp3) is 0.417. The third kappa shape index (κ3) is 2.90. The number of hydrogen-bond acceptors (Lipinski definition) is 4. The van der Waals surface area contributed by atoms with Gasteiger partial charge in [-0.05, 0) is 43.9 Å². The second-order valence-corrected chi connectivity index (χ2v) is 5.41. The summed E-state index contributed by atoms with van der Waals surface area (Å²) in [6.45, 7) is 6.24. The predicted octanol–water partition coefficient (Wildman–Crippen LogP) is -0.0628. The number of hydrogen-bond donors (Lipinski definition) is 3. The maximum atomic E-state index is 11.9. The van der Waals surface area contributed by atoms with Crippen LogP contribution in [0.25, 0.3) is 0 Å². The van der Waals surface area contributed by atoms with Gasteiger partial charge in [-0.2, -0.15) is 0 Å². The molecule has 6 heteroatoms. The Hall–Kier alpha value is -1.37. The monoisotopic (exact) mass is 248 g/mol. The van der Waals surface area contributed by atoms with E-state index >= 15 is 0 Å². The fourth-order valence-corrected chi connectivity index (χ4v) is 1.67. The average Bonchev–Trinajstić information content (AvgIpc) is 2.67. The van der Waals surface area contributed by atoms with Crippen LogP contribution in [0.5, 0.6) is 0 Å². The predicted molar refractivity (Wildman–Crippen MR) is 69.2 cm³/mol. The molecule has 0 saturated heterocycles. The second kappa shape index (κ2) is 4.72. The number of rotatable bonds is 2. The zero-order valence-electron chi connectivity index (χ0n) is 10.8. The van der Waals surface area contributed by atoms with Gasteiger partial charge in [-0.25, -0.2) is 5.43 Å². The van der Waals surface area contributed by atoms with Gasteiger partial charge in [-0.3, -0.25) is 10.2 Å². The quantitative estimate of drug-likeness (QED) is 0.506. The molecule has 96 valence electrons. The first-order chi connectivity index (χ1) is 8.37. The Morgan fingerprint density at radius 3 is 2.83 bits per heavy atom. The number of hydrazine groups is 1. The van der Waals surface area contributed by atoms with Crippen molar-refractivity contribution in [2.24, 2.45) is 0 Å². The van der Waals surface area contributed by atoms with Gasteiger partial charge in [0.05, 0.1) is 6.61 Å². The van der Waals surface area contributed by atoms with E-state index in [9.17, 15) is 9.82 Å². The van der Waals surface area contributed by atoms with E-state index in [0.717, 1.165) is 5.56 Å². The topological polar surface area (TPSA) is 70.6 Å². The van der Waals surface area contributed by atoms with E-state index in [0.29, 0.717) is 17.6 Å². The maximum absolute atomic E-state index is 11.9. The normalized spacial score (nSPS) is 14.6. The summed E-state index contributed by atoms with van der Waals surface area (Å²) in [6.07, 6.45) is 0. The van der Waals surface area contributed by atoms with Gasteiger partial charge >= 0.3 is 7.12 Å². The second-order valence-electron chi connectivity index (χ2n) is 5.41. The minimum absolute atomic E-state index is 0.199. The van der Waals surface area contributed by atoms with Gasteiger partial charge in [-0.15, -0.1) is 0 Å². The molecule has 1 aromatic rings. The van der Waals surface area contributed by atoms with E-state index in [1.54, 1.807) is 18.2 Å². The molecule has 1 aromatic carbocycles. The summed E-state index contributed by atoms with van der Waals surface area (Å²) in [4.78, 5) is 11.9. The first-order valence-corrected chi connectivity index (χ1v) is 5.87. The van der Waals surface area contributed by atoms with Gasteiger partial charge in [0.1, 0.15) is 0 Å². The summed E-state index contributed by atoms with van der Waals surface area (Å²) in [7, 11) is -0.927. The smallest absolute Gasteiger partial charge is 0.423 e. The maximum Gasteiger partial charge on any atom is 0.491 e. The van der Waals surface area contributed by atoms with Crippen LogP contribution in [0.1, 0.15) is 36.7 Å². The molecule has 18 heavy (non-hydrogen) atoms. The van der Waals surface area contributed by atoms with E-state index in [-0.39, 0.29) is 11.4 Å². The molecule has 1 heterocycles. The molecule has 2 rings (SSSR count). The summed E-state index contributed by atoms with van der Waals surface area (Å²) >= 11 is 0. The van der Waals surface area contributed by atoms with Crippen molar-refractivity contribution >= 4 is 18.5 Å². The third-order valence-electron chi connectivity index (χ3n) is 2.62. The molecule has 0 atom stereocenters. The summed E-state index contributed by atoms with van der Waals surface area (Å²) in [5, 5.41) is 9.58. The van der Waals surface area contributed by atoms with Crippen LogP contribution in [-0.4, -0.2) is 23.6 Å². The fourth-order valence-electron chi connectivity index (χ4n) is 1.67. The van der Waals surface area contributed by atoms with E-state index in [1.807, 2.05) is 20.8 Å². The van der Waals surface area contributed by atoms with Crippen LogP contribution < -0.4 is 16.3 Å². The molecule has 0 bridgehead atoms. The molecule has 0 unspecified atom stereocenters. The summed E-state index contributed by atoms with van der Waals surface area (Å²) in [5.74, 6) is -0.230. The van der Waals surface area contributed by atoms with Crippen molar-refractivity contribution in [2.75, 3.05) is 0 Å². The van der Waals surface area contributed by atoms with Crippen LogP contribution in [0.15, 0.2) is 18.2 Å². The largest absolute Gasteiger partial charge is 0.491 e. The Balaban J connectivity index is 2.10. The molecule has 5 nitrogen and oxygen atoms in total. The molecule has 0 aliphatic carbocycles. The molecule has 0 spiro atoms. The number of carbonyl (C=O) groups excluding carboxylic acids is 1. The highest BCUT2D eigenvalue weighted by Crippen LogP contribution is 2.11. The van der Waals surface area contributed by atoms with Crippen molar-refractivity contribution < 1.29 is 14.5 Å². The summed E-state index contributed by atoms with van der Waals surface area (Å²) < 4.78 is 5.08. The lowest BCUT2D eigenvalue weighted by Gasteiger charge is -2.21. The van der Waals surface area contributed by atoms with E-state index in [2.05, 4.69) is 10.9 Å². The van der Waals surface area contributed by atoms with Crippen LogP contribution >= 0.6 is 0 Å². The van der Waals surface area contributed by atoms with Crippen LogP contribution in [-0.2, 0) is 11.3 Å². The van der Waals surface area contributed by atoms with Gasteiger partial charge in [0.15, 0.2) is 0 Å². The molecule has 0 aromatic heterocycles. The van der Waals surface area contributed by atoms with Crippen molar-refractivity contribution in [1.82, 2.24) is 10.9 Å². The third-order valence-corrected chi connectivity index (χ3v) is 2.62. The Morgan fingerprint density at radius 2 is 2.17 bits per heavy atom. The Labute approximate surface area is 107 Å². The van der Waals surface area contributed by atoms with Crippen LogP contribution in [0.2, 0.25) is 0 Å². The Kier molecular flexibility index (Phi) is 3.43. The van der Waals surface area contributed by atoms with Gasteiger partial charge in [-0.1, -0.05) is 6.07 Å². The van der Waals surface area contributed by atoms with Crippen LogP contribution in [0, 0.1) is 0 Å². The number of benzene rings is 1. The van der Waals surface area contributed by atoms with Crippen LogP contribution in [0.3, 0.4) is 0 Å². The minimum Gasteiger partial charge on any atom is -0.423 e. The molecule has 0 saturated carbocycles. The SMILES string of the molecule is CC(C)(C)NNC(=O)c1ccc2c(c1)B(O)OC2. The number of amides is 1. The van der Waals surface area contributed by atoms with Gasteiger partial charge < -0.3 is 9.68 Å². The van der Waals surface area contributed by atoms with E-state index in [1.165, 1.54) is 0 Å². The molecule has 1 aliphatic heterocycles. The van der Waals surface area contributed by atoms with Crippen molar-refractivity contribution in [3.8, 4) is 0 Å². The Bertz CT molecular complexity index is 471. The highest BCUT2D eigenvalue weighted by atomic mass is 16.5. The van der Waals surface area contributed by atoms with E-state index < -0.39 is 7.12 Å². The van der Waals surface area contributed by atoms with E-state index in [4.69, 9.17) is 4.65 Å². The zero-order valence-corrected chi connectivity index (χ0v) is 10.8. The number of carbonyl (C=O) groups is 1. The molecule has 0 radical (unpaired) electrons. The number of nitrogens with one attached hydrogen (secondary N) is 2. The van der Waals surface area contributed by atoms with Crippen molar-refractivity contribution in [3.63, 3.8) is 0 Å².